The van der Waals surface area contributed by atoms with Gasteiger partial charge in [-0.2, -0.15) is 0 Å². The molecule has 338 valence electrons. The second kappa shape index (κ2) is 39.3. The molecule has 0 amide bonds. The number of quaternary nitrogens is 1. The Morgan fingerprint density at radius 3 is 1.63 bits per heavy atom. The average molecular weight is 849 g/mol. The molecule has 10 nitrogen and oxygen atoms in total. The molecule has 59 heavy (non-hydrogen) atoms. The van der Waals surface area contributed by atoms with Crippen LogP contribution in [0.25, 0.3) is 0 Å². The molecule has 3 atom stereocenters. The Kier molecular flexibility index (Phi) is 37.4. The molecule has 0 saturated carbocycles. The SMILES string of the molecule is CCCCC/C=C\C/C=C\C/C=C\CCCCCCC(=O)O[C@H](COC(=O)CCC/C=C\C/C=C\C/C=C\C/C=C\CC(O)CCC)COP(=O)(O)OCC[N+](C)(C)C. The van der Waals surface area contributed by atoms with E-state index in [0.29, 0.717) is 36.7 Å². The van der Waals surface area contributed by atoms with Gasteiger partial charge in [0, 0.05) is 12.8 Å². The number of hydrogen-bond donors (Lipinski definition) is 2. The number of carbonyl (C=O) groups excluding carboxylic acids is 2. The van der Waals surface area contributed by atoms with Gasteiger partial charge in [0.1, 0.15) is 19.8 Å². The van der Waals surface area contributed by atoms with Gasteiger partial charge >= 0.3 is 19.8 Å². The normalized spacial score (nSPS) is 14.9. The summed E-state index contributed by atoms with van der Waals surface area (Å²) in [6, 6.07) is 0. The third-order valence-electron chi connectivity index (χ3n) is 8.95. The van der Waals surface area contributed by atoms with Crippen molar-refractivity contribution < 1.29 is 47.2 Å². The van der Waals surface area contributed by atoms with Gasteiger partial charge in [-0.25, -0.2) is 4.57 Å². The molecule has 0 saturated heterocycles. The molecule has 2 N–H and O–H groups in total. The fourth-order valence-electron chi connectivity index (χ4n) is 5.44. The zero-order valence-electron chi connectivity index (χ0n) is 37.6. The molecule has 2 unspecified atom stereocenters. The first kappa shape index (κ1) is 56.1. The maximum Gasteiger partial charge on any atom is 0.472 e. The number of esters is 2. The van der Waals surface area contributed by atoms with E-state index >= 15 is 0 Å². The van der Waals surface area contributed by atoms with Gasteiger partial charge in [-0.05, 0) is 89.9 Å². The molecule has 0 aromatic heterocycles. The van der Waals surface area contributed by atoms with Crippen LogP contribution in [0, 0.1) is 0 Å². The van der Waals surface area contributed by atoms with Crippen LogP contribution in [-0.2, 0) is 32.7 Å². The monoisotopic (exact) mass is 849 g/mol. The summed E-state index contributed by atoms with van der Waals surface area (Å²) in [5.74, 6) is -0.919. The maximum absolute atomic E-state index is 12.7. The summed E-state index contributed by atoms with van der Waals surface area (Å²) < 4.78 is 34.2. The topological polar surface area (TPSA) is 129 Å². The third-order valence-corrected chi connectivity index (χ3v) is 9.94. The Labute approximate surface area is 359 Å². The fourth-order valence-corrected chi connectivity index (χ4v) is 6.18. The zero-order valence-corrected chi connectivity index (χ0v) is 38.5. The van der Waals surface area contributed by atoms with Gasteiger partial charge in [-0.1, -0.05) is 131 Å². The van der Waals surface area contributed by atoms with E-state index in [4.69, 9.17) is 18.5 Å². The quantitative estimate of drug-likeness (QED) is 0.0204. The van der Waals surface area contributed by atoms with Crippen molar-refractivity contribution in [2.75, 3.05) is 47.5 Å². The van der Waals surface area contributed by atoms with Gasteiger partial charge in [0.15, 0.2) is 6.10 Å². The van der Waals surface area contributed by atoms with Crippen LogP contribution in [0.5, 0.6) is 0 Å². The average Bonchev–Trinajstić information content (AvgIpc) is 3.18. The molecule has 0 aliphatic carbocycles. The highest BCUT2D eigenvalue weighted by Crippen LogP contribution is 2.43. The minimum Gasteiger partial charge on any atom is -0.462 e. The molecule has 0 bridgehead atoms. The molecule has 0 aromatic rings. The highest BCUT2D eigenvalue weighted by atomic mass is 31.2. The number of likely N-dealkylation sites (N-methyl/N-ethyl adjacent to an activating group) is 1. The van der Waals surface area contributed by atoms with Crippen molar-refractivity contribution in [3.63, 3.8) is 0 Å². The van der Waals surface area contributed by atoms with Crippen molar-refractivity contribution >= 4 is 19.8 Å². The lowest BCUT2D eigenvalue weighted by Gasteiger charge is -2.24. The number of ether oxygens (including phenoxy) is 2. The number of aliphatic hydroxyl groups excluding tert-OH is 1. The molecule has 0 fully saturated rings. The van der Waals surface area contributed by atoms with E-state index in [1.807, 2.05) is 33.3 Å². The predicted octanol–water partition coefficient (Wildman–Crippen LogP) is 11.8. The van der Waals surface area contributed by atoms with Crippen molar-refractivity contribution in [2.45, 2.75) is 161 Å². The zero-order chi connectivity index (χ0) is 43.7. The maximum atomic E-state index is 12.7. The predicted molar refractivity (Wildman–Crippen MR) is 244 cm³/mol. The van der Waals surface area contributed by atoms with E-state index in [9.17, 15) is 24.2 Å². The summed E-state index contributed by atoms with van der Waals surface area (Å²) in [7, 11) is 1.39. The van der Waals surface area contributed by atoms with E-state index in [-0.39, 0.29) is 32.2 Å². The highest BCUT2D eigenvalue weighted by Gasteiger charge is 2.27. The second-order valence-corrected chi connectivity index (χ2v) is 17.4. The molecule has 0 aromatic carbocycles. The Morgan fingerprint density at radius 2 is 1.08 bits per heavy atom. The summed E-state index contributed by atoms with van der Waals surface area (Å²) in [4.78, 5) is 35.4. The minimum absolute atomic E-state index is 0.00762. The fraction of sp³-hybridized carbons (Fsp3) is 0.667. The molecule has 0 aliphatic heterocycles. The van der Waals surface area contributed by atoms with Gasteiger partial charge < -0.3 is 24.0 Å². The standard InChI is InChI=1S/C48H82NO9P/c1-6-8-9-10-11-12-13-14-15-16-17-20-24-27-30-33-36-40-48(52)58-46(44-57-59(53,54)56-42-41-49(3,4)5)43-55-47(51)39-35-32-29-26-23-21-18-19-22-25-28-31-34-38-45(50)37-7-2/h11-12,14-15,17-18,20-22,25-26,29,31,34,45-46,50H,6-10,13,16,19,23-24,27-28,30,32-33,35-44H2,1-5H3/p+1/b12-11-,15-14-,20-17-,21-18-,25-22-,29-26-,34-31-/t45?,46-/m1/s1. The smallest absolute Gasteiger partial charge is 0.462 e. The van der Waals surface area contributed by atoms with Crippen LogP contribution in [0.2, 0.25) is 0 Å². The lowest BCUT2D eigenvalue weighted by molar-refractivity contribution is -0.870. The third kappa shape index (κ3) is 43.1. The van der Waals surface area contributed by atoms with Gasteiger partial charge in [0.2, 0.25) is 0 Å². The summed E-state index contributed by atoms with van der Waals surface area (Å²) in [6.45, 7) is 4.07. The van der Waals surface area contributed by atoms with Crippen LogP contribution in [0.3, 0.4) is 0 Å². The van der Waals surface area contributed by atoms with Gasteiger partial charge in [-0.15, -0.1) is 0 Å². The van der Waals surface area contributed by atoms with Crippen LogP contribution in [0.4, 0.5) is 0 Å². The molecule has 11 heteroatoms. The Balaban J connectivity index is 4.53. The summed E-state index contributed by atoms with van der Waals surface area (Å²) >= 11 is 0. The molecule has 0 rings (SSSR count). The summed E-state index contributed by atoms with van der Waals surface area (Å²) in [5, 5.41) is 9.74. The first-order valence-corrected chi connectivity index (χ1v) is 23.9. The van der Waals surface area contributed by atoms with Crippen molar-refractivity contribution in [1.29, 1.82) is 0 Å². The van der Waals surface area contributed by atoms with Crippen molar-refractivity contribution in [3.05, 3.63) is 85.1 Å². The molecule has 0 heterocycles. The van der Waals surface area contributed by atoms with Gasteiger partial charge in [-0.3, -0.25) is 18.6 Å². The molecular weight excluding hydrogens is 766 g/mol. The Bertz CT molecular complexity index is 1300. The number of rotatable bonds is 39. The largest absolute Gasteiger partial charge is 0.472 e. The second-order valence-electron chi connectivity index (χ2n) is 15.9. The lowest BCUT2D eigenvalue weighted by atomic mass is 10.1. The molecule has 0 spiro atoms. The van der Waals surface area contributed by atoms with Crippen LogP contribution in [0.1, 0.15) is 149 Å². The Morgan fingerprint density at radius 1 is 0.593 bits per heavy atom. The number of hydrogen-bond acceptors (Lipinski definition) is 8. The van der Waals surface area contributed by atoms with E-state index in [1.54, 1.807) is 0 Å². The van der Waals surface area contributed by atoms with E-state index in [0.717, 1.165) is 70.6 Å². The van der Waals surface area contributed by atoms with Gasteiger partial charge in [0.05, 0.1) is 33.9 Å². The summed E-state index contributed by atoms with van der Waals surface area (Å²) in [5.41, 5.74) is 0. The summed E-state index contributed by atoms with van der Waals surface area (Å²) in [6.07, 6.45) is 47.0. The van der Waals surface area contributed by atoms with E-state index in [1.165, 1.54) is 25.7 Å². The van der Waals surface area contributed by atoms with Crippen molar-refractivity contribution in [3.8, 4) is 0 Å². The molecule has 0 radical (unpaired) electrons. The van der Waals surface area contributed by atoms with Crippen LogP contribution >= 0.6 is 7.82 Å². The lowest BCUT2D eigenvalue weighted by Crippen LogP contribution is -2.37. The van der Waals surface area contributed by atoms with Crippen LogP contribution in [-0.4, -0.2) is 86.1 Å². The number of carbonyl (C=O) groups is 2. The number of allylic oxidation sites excluding steroid dienone is 13. The van der Waals surface area contributed by atoms with E-state index < -0.39 is 32.5 Å². The number of aliphatic hydroxyl groups is 1. The van der Waals surface area contributed by atoms with Crippen LogP contribution in [0.15, 0.2) is 85.1 Å². The van der Waals surface area contributed by atoms with Crippen molar-refractivity contribution in [1.82, 2.24) is 0 Å². The van der Waals surface area contributed by atoms with E-state index in [2.05, 4.69) is 86.8 Å². The number of phosphoric ester groups is 1. The molecular formula is C48H83NO9P+. The Hall–Kier alpha value is -2.85. The number of nitrogens with zero attached hydrogens (tertiary/aromatic N) is 1. The minimum atomic E-state index is -4.41. The van der Waals surface area contributed by atoms with Gasteiger partial charge in [0.25, 0.3) is 0 Å². The highest BCUT2D eigenvalue weighted by molar-refractivity contribution is 7.47. The molecule has 0 aliphatic rings. The van der Waals surface area contributed by atoms with Crippen LogP contribution < -0.4 is 0 Å². The first-order valence-electron chi connectivity index (χ1n) is 22.4. The number of phosphoric acid groups is 1. The number of unbranched alkanes of at least 4 members (excludes halogenated alkanes) is 8. The first-order chi connectivity index (χ1) is 28.4. The van der Waals surface area contributed by atoms with Crippen molar-refractivity contribution in [2.24, 2.45) is 0 Å².